The molecule has 2 N–H and O–H groups in total. The van der Waals surface area contributed by atoms with Gasteiger partial charge in [0, 0.05) is 17.4 Å². The molecule has 0 saturated carbocycles. The van der Waals surface area contributed by atoms with Gasteiger partial charge in [-0.05, 0) is 48.7 Å². The highest BCUT2D eigenvalue weighted by atomic mass is 79.9. The maximum Gasteiger partial charge on any atom is 0.105 e. The molecule has 0 spiro atoms. The molecule has 0 amide bonds. The summed E-state index contributed by atoms with van der Waals surface area (Å²) in [4.78, 5) is 8.08. The molecule has 0 radical (unpaired) electrons. The maximum absolute atomic E-state index is 4.64. The quantitative estimate of drug-likeness (QED) is 0.748. The van der Waals surface area contributed by atoms with Gasteiger partial charge in [-0.15, -0.1) is 0 Å². The van der Waals surface area contributed by atoms with Crippen molar-refractivity contribution in [1.82, 2.24) is 9.97 Å². The van der Waals surface area contributed by atoms with Crippen LogP contribution in [0.1, 0.15) is 50.9 Å². The Morgan fingerprint density at radius 3 is 2.50 bits per heavy atom. The van der Waals surface area contributed by atoms with Crippen molar-refractivity contribution in [2.24, 2.45) is 0 Å². The Balaban J connectivity index is 2.39. The molecule has 0 bridgehead atoms. The van der Waals surface area contributed by atoms with Crippen LogP contribution in [-0.2, 0) is 0 Å². The van der Waals surface area contributed by atoms with Gasteiger partial charge < -0.3 is 10.3 Å². The monoisotopic (exact) mass is 337 g/mol. The van der Waals surface area contributed by atoms with Gasteiger partial charge in [0.2, 0.25) is 0 Å². The standard InChI is InChI=1S/C16H24BrN3/c1-5-7-12(8-6-2)20-13-9-10(3)18-16-14(17)11(4)19-15(13)16/h9,12,19H,5-8H2,1-4H3,(H,18,20). The van der Waals surface area contributed by atoms with Crippen LogP contribution in [0.15, 0.2) is 10.5 Å². The number of H-pyrrole nitrogens is 1. The Morgan fingerprint density at radius 1 is 1.25 bits per heavy atom. The number of aryl methyl sites for hydroxylation is 2. The normalized spacial score (nSPS) is 11.5. The summed E-state index contributed by atoms with van der Waals surface area (Å²) in [5.74, 6) is 0. The third kappa shape index (κ3) is 3.17. The van der Waals surface area contributed by atoms with E-state index >= 15 is 0 Å². The number of anilines is 1. The molecule has 110 valence electrons. The molecule has 2 heterocycles. The highest BCUT2D eigenvalue weighted by Gasteiger charge is 2.14. The van der Waals surface area contributed by atoms with E-state index in [-0.39, 0.29) is 0 Å². The average Bonchev–Trinajstić information content (AvgIpc) is 2.67. The van der Waals surface area contributed by atoms with Crippen molar-refractivity contribution in [2.45, 2.75) is 59.4 Å². The molecule has 0 aliphatic rings. The number of fused-ring (bicyclic) bond motifs is 1. The minimum absolute atomic E-state index is 0.539. The van der Waals surface area contributed by atoms with E-state index in [0.29, 0.717) is 6.04 Å². The number of hydrogen-bond donors (Lipinski definition) is 2. The van der Waals surface area contributed by atoms with Crippen molar-refractivity contribution in [3.8, 4) is 0 Å². The first kappa shape index (κ1) is 15.4. The number of aromatic amines is 1. The largest absolute Gasteiger partial charge is 0.381 e. The number of pyridine rings is 1. The van der Waals surface area contributed by atoms with Crippen LogP contribution in [0.4, 0.5) is 5.69 Å². The highest BCUT2D eigenvalue weighted by molar-refractivity contribution is 9.10. The van der Waals surface area contributed by atoms with Crippen molar-refractivity contribution in [3.63, 3.8) is 0 Å². The summed E-state index contributed by atoms with van der Waals surface area (Å²) < 4.78 is 1.07. The Bertz CT molecular complexity index is 583. The lowest BCUT2D eigenvalue weighted by Gasteiger charge is -2.19. The van der Waals surface area contributed by atoms with Crippen molar-refractivity contribution in [2.75, 3.05) is 5.32 Å². The molecule has 0 unspecified atom stereocenters. The minimum atomic E-state index is 0.539. The molecule has 2 aromatic rings. The first-order chi connectivity index (χ1) is 9.56. The van der Waals surface area contributed by atoms with Crippen molar-refractivity contribution in [1.29, 1.82) is 0 Å². The maximum atomic E-state index is 4.64. The average molecular weight is 338 g/mol. The summed E-state index contributed by atoms with van der Waals surface area (Å²) in [5, 5.41) is 3.71. The van der Waals surface area contributed by atoms with Crippen LogP contribution in [-0.4, -0.2) is 16.0 Å². The number of halogens is 1. The van der Waals surface area contributed by atoms with E-state index in [9.17, 15) is 0 Å². The number of aromatic nitrogens is 2. The van der Waals surface area contributed by atoms with E-state index in [1.807, 2.05) is 6.92 Å². The SMILES string of the molecule is CCCC(CCC)Nc1cc(C)nc2c(Br)c(C)[nH]c12. The molecule has 2 rings (SSSR count). The van der Waals surface area contributed by atoms with E-state index in [2.05, 4.69) is 58.1 Å². The fourth-order valence-corrected chi connectivity index (χ4v) is 3.08. The van der Waals surface area contributed by atoms with Crippen LogP contribution in [0.25, 0.3) is 11.0 Å². The number of rotatable bonds is 6. The first-order valence-electron chi connectivity index (χ1n) is 7.48. The summed E-state index contributed by atoms with van der Waals surface area (Å²) in [7, 11) is 0. The van der Waals surface area contributed by atoms with Crippen LogP contribution in [0.3, 0.4) is 0 Å². The van der Waals surface area contributed by atoms with Crippen molar-refractivity contribution >= 4 is 32.7 Å². The zero-order chi connectivity index (χ0) is 14.7. The summed E-state index contributed by atoms with van der Waals surface area (Å²) >= 11 is 3.63. The van der Waals surface area contributed by atoms with E-state index < -0.39 is 0 Å². The van der Waals surface area contributed by atoms with Gasteiger partial charge >= 0.3 is 0 Å². The molecule has 0 atom stereocenters. The van der Waals surface area contributed by atoms with Crippen molar-refractivity contribution < 1.29 is 0 Å². The fraction of sp³-hybridized carbons (Fsp3) is 0.562. The van der Waals surface area contributed by atoms with E-state index in [1.54, 1.807) is 0 Å². The topological polar surface area (TPSA) is 40.7 Å². The van der Waals surface area contributed by atoms with Gasteiger partial charge in [0.15, 0.2) is 0 Å². The van der Waals surface area contributed by atoms with Gasteiger partial charge in [0.25, 0.3) is 0 Å². The van der Waals surface area contributed by atoms with Crippen LogP contribution in [0.5, 0.6) is 0 Å². The molecular formula is C16H24BrN3. The van der Waals surface area contributed by atoms with Crippen LogP contribution in [0.2, 0.25) is 0 Å². The van der Waals surface area contributed by atoms with Gasteiger partial charge in [-0.3, -0.25) is 4.98 Å². The lowest BCUT2D eigenvalue weighted by atomic mass is 10.1. The Kier molecular flexibility index (Phi) is 5.08. The Hall–Kier alpha value is -1.03. The first-order valence-corrected chi connectivity index (χ1v) is 8.28. The van der Waals surface area contributed by atoms with E-state index in [4.69, 9.17) is 0 Å². The van der Waals surface area contributed by atoms with Gasteiger partial charge in [0.1, 0.15) is 5.52 Å². The highest BCUT2D eigenvalue weighted by Crippen LogP contribution is 2.31. The van der Waals surface area contributed by atoms with E-state index in [1.165, 1.54) is 31.4 Å². The smallest absolute Gasteiger partial charge is 0.105 e. The second-order valence-electron chi connectivity index (χ2n) is 5.52. The van der Waals surface area contributed by atoms with Crippen LogP contribution >= 0.6 is 15.9 Å². The molecule has 0 aromatic carbocycles. The molecule has 0 aliphatic carbocycles. The zero-order valence-electron chi connectivity index (χ0n) is 12.8. The summed E-state index contributed by atoms with van der Waals surface area (Å²) in [5.41, 5.74) is 5.48. The van der Waals surface area contributed by atoms with Crippen LogP contribution < -0.4 is 5.32 Å². The molecular weight excluding hydrogens is 314 g/mol. The van der Waals surface area contributed by atoms with Gasteiger partial charge in [-0.25, -0.2) is 0 Å². The predicted octanol–water partition coefficient (Wildman–Crippen LogP) is 5.32. The predicted molar refractivity (Wildman–Crippen MR) is 90.5 cm³/mol. The fourth-order valence-electron chi connectivity index (χ4n) is 2.70. The van der Waals surface area contributed by atoms with Crippen LogP contribution in [0, 0.1) is 13.8 Å². The lowest BCUT2D eigenvalue weighted by molar-refractivity contribution is 0.586. The number of nitrogens with zero attached hydrogens (tertiary/aromatic N) is 1. The molecule has 4 heteroatoms. The van der Waals surface area contributed by atoms with Gasteiger partial charge in [-0.1, -0.05) is 26.7 Å². The summed E-state index contributed by atoms with van der Waals surface area (Å²) in [6.45, 7) is 8.61. The summed E-state index contributed by atoms with van der Waals surface area (Å²) in [6.07, 6.45) is 4.83. The third-order valence-corrected chi connectivity index (χ3v) is 4.60. The molecule has 3 nitrogen and oxygen atoms in total. The van der Waals surface area contributed by atoms with Gasteiger partial charge in [0.05, 0.1) is 15.7 Å². The molecule has 0 fully saturated rings. The molecule has 2 aromatic heterocycles. The zero-order valence-corrected chi connectivity index (χ0v) is 14.4. The van der Waals surface area contributed by atoms with Crippen molar-refractivity contribution in [3.05, 3.63) is 21.9 Å². The van der Waals surface area contributed by atoms with Gasteiger partial charge in [-0.2, -0.15) is 0 Å². The molecule has 0 saturated heterocycles. The third-order valence-electron chi connectivity index (χ3n) is 3.63. The number of hydrogen-bond acceptors (Lipinski definition) is 2. The second kappa shape index (κ2) is 6.61. The Labute approximate surface area is 129 Å². The minimum Gasteiger partial charge on any atom is -0.381 e. The van der Waals surface area contributed by atoms with E-state index in [0.717, 1.165) is 26.9 Å². The lowest BCUT2D eigenvalue weighted by Crippen LogP contribution is -2.19. The second-order valence-corrected chi connectivity index (χ2v) is 6.31. The molecule has 0 aliphatic heterocycles. The number of nitrogens with one attached hydrogen (secondary N) is 2. The Morgan fingerprint density at radius 2 is 1.90 bits per heavy atom. The molecule has 20 heavy (non-hydrogen) atoms. The summed E-state index contributed by atoms with van der Waals surface area (Å²) in [6, 6.07) is 2.68.